The van der Waals surface area contributed by atoms with Crippen molar-refractivity contribution >= 4 is 11.6 Å². The number of rotatable bonds is 4. The van der Waals surface area contributed by atoms with Gasteiger partial charge in [-0.15, -0.1) is 0 Å². The summed E-state index contributed by atoms with van der Waals surface area (Å²) in [4.78, 5) is 16.4. The molecule has 0 unspecified atom stereocenters. The molecule has 116 valence electrons. The summed E-state index contributed by atoms with van der Waals surface area (Å²) >= 11 is 0. The van der Waals surface area contributed by atoms with Crippen LogP contribution >= 0.6 is 0 Å². The van der Waals surface area contributed by atoms with Gasteiger partial charge in [0.05, 0.1) is 6.26 Å². The number of nitrogens with two attached hydrogens (primary N) is 1. The third kappa shape index (κ3) is 3.49. The maximum atomic E-state index is 12.2. The molecule has 1 aliphatic rings. The monoisotopic (exact) mass is 299 g/mol. The molecule has 0 atom stereocenters. The molecule has 0 radical (unpaired) electrons. The number of piperazine rings is 1. The van der Waals surface area contributed by atoms with Gasteiger partial charge in [-0.3, -0.25) is 9.69 Å². The Balaban J connectivity index is 1.47. The van der Waals surface area contributed by atoms with E-state index in [1.54, 1.807) is 12.1 Å². The molecule has 2 N–H and O–H groups in total. The van der Waals surface area contributed by atoms with Crippen LogP contribution in [-0.2, 0) is 6.42 Å². The van der Waals surface area contributed by atoms with E-state index in [9.17, 15) is 4.79 Å². The molecule has 3 rings (SSSR count). The van der Waals surface area contributed by atoms with Crippen molar-refractivity contribution in [2.45, 2.75) is 6.42 Å². The van der Waals surface area contributed by atoms with Gasteiger partial charge in [0.2, 0.25) is 0 Å². The second-order valence-corrected chi connectivity index (χ2v) is 5.61. The summed E-state index contributed by atoms with van der Waals surface area (Å²) in [5, 5.41) is 0. The topological polar surface area (TPSA) is 62.7 Å². The summed E-state index contributed by atoms with van der Waals surface area (Å²) in [6.07, 6.45) is 2.52. The summed E-state index contributed by atoms with van der Waals surface area (Å²) in [6.45, 7) is 4.28. The highest BCUT2D eigenvalue weighted by atomic mass is 16.3. The summed E-state index contributed by atoms with van der Waals surface area (Å²) < 4.78 is 5.18. The fourth-order valence-electron chi connectivity index (χ4n) is 2.77. The van der Waals surface area contributed by atoms with Gasteiger partial charge in [0.1, 0.15) is 0 Å². The lowest BCUT2D eigenvalue weighted by molar-refractivity contribution is 0.0607. The zero-order valence-electron chi connectivity index (χ0n) is 12.6. The lowest BCUT2D eigenvalue weighted by atomic mass is 10.1. The Morgan fingerprint density at radius 2 is 1.95 bits per heavy atom. The maximum absolute atomic E-state index is 12.2. The van der Waals surface area contributed by atoms with Crippen molar-refractivity contribution in [2.24, 2.45) is 0 Å². The van der Waals surface area contributed by atoms with E-state index >= 15 is 0 Å². The number of carbonyl (C=O) groups excluding carboxylic acids is 1. The largest absolute Gasteiger partial charge is 0.459 e. The number of hydrogen-bond donors (Lipinski definition) is 1. The van der Waals surface area contributed by atoms with E-state index in [4.69, 9.17) is 10.2 Å². The number of amides is 1. The van der Waals surface area contributed by atoms with Gasteiger partial charge >= 0.3 is 0 Å². The van der Waals surface area contributed by atoms with Crippen LogP contribution in [0, 0.1) is 0 Å². The molecular formula is C17H21N3O2. The molecule has 5 nitrogen and oxygen atoms in total. The van der Waals surface area contributed by atoms with Crippen LogP contribution < -0.4 is 5.73 Å². The van der Waals surface area contributed by atoms with E-state index < -0.39 is 0 Å². The summed E-state index contributed by atoms with van der Waals surface area (Å²) in [6, 6.07) is 11.5. The van der Waals surface area contributed by atoms with Crippen molar-refractivity contribution < 1.29 is 9.21 Å². The van der Waals surface area contributed by atoms with Crippen LogP contribution in [0.5, 0.6) is 0 Å². The Kier molecular flexibility index (Phi) is 4.44. The van der Waals surface area contributed by atoms with E-state index in [0.717, 1.165) is 44.8 Å². The normalized spacial score (nSPS) is 15.9. The molecule has 5 heteroatoms. The number of hydrogen-bond acceptors (Lipinski definition) is 4. The van der Waals surface area contributed by atoms with Gasteiger partial charge in [-0.1, -0.05) is 12.1 Å². The molecule has 0 bridgehead atoms. The molecule has 1 aromatic carbocycles. The SMILES string of the molecule is Nc1cccc(CCN2CCN(C(=O)c3ccco3)CC2)c1. The zero-order chi connectivity index (χ0) is 15.4. The lowest BCUT2D eigenvalue weighted by Gasteiger charge is -2.34. The molecule has 1 aliphatic heterocycles. The Morgan fingerprint density at radius 1 is 1.14 bits per heavy atom. The quantitative estimate of drug-likeness (QED) is 0.875. The van der Waals surface area contributed by atoms with Gasteiger partial charge in [-0.05, 0) is 36.2 Å². The number of nitrogen functional groups attached to an aromatic ring is 1. The molecule has 1 saturated heterocycles. The van der Waals surface area contributed by atoms with Gasteiger partial charge < -0.3 is 15.1 Å². The van der Waals surface area contributed by atoms with Gasteiger partial charge in [0, 0.05) is 38.4 Å². The van der Waals surface area contributed by atoms with Crippen LogP contribution in [-0.4, -0.2) is 48.4 Å². The zero-order valence-corrected chi connectivity index (χ0v) is 12.6. The maximum Gasteiger partial charge on any atom is 0.289 e. The van der Waals surface area contributed by atoms with Crippen molar-refractivity contribution in [2.75, 3.05) is 38.5 Å². The van der Waals surface area contributed by atoms with Crippen molar-refractivity contribution in [1.82, 2.24) is 9.80 Å². The van der Waals surface area contributed by atoms with Crippen molar-refractivity contribution in [3.63, 3.8) is 0 Å². The summed E-state index contributed by atoms with van der Waals surface area (Å²) in [5.41, 5.74) is 7.87. The van der Waals surface area contributed by atoms with E-state index in [2.05, 4.69) is 11.0 Å². The lowest BCUT2D eigenvalue weighted by Crippen LogP contribution is -2.49. The van der Waals surface area contributed by atoms with Crippen molar-refractivity contribution in [3.8, 4) is 0 Å². The molecule has 1 fully saturated rings. The second kappa shape index (κ2) is 6.66. The highest BCUT2D eigenvalue weighted by Gasteiger charge is 2.23. The van der Waals surface area contributed by atoms with Crippen LogP contribution in [0.25, 0.3) is 0 Å². The van der Waals surface area contributed by atoms with Gasteiger partial charge in [0.15, 0.2) is 5.76 Å². The fourth-order valence-corrected chi connectivity index (χ4v) is 2.77. The predicted octanol–water partition coefficient (Wildman–Crippen LogP) is 1.86. The molecule has 0 spiro atoms. The molecule has 0 saturated carbocycles. The Morgan fingerprint density at radius 3 is 2.64 bits per heavy atom. The average molecular weight is 299 g/mol. The molecule has 2 heterocycles. The minimum atomic E-state index is -0.0134. The van der Waals surface area contributed by atoms with Crippen LogP contribution in [0.4, 0.5) is 5.69 Å². The third-order valence-corrected chi connectivity index (χ3v) is 4.06. The Bertz CT molecular complexity index is 617. The van der Waals surface area contributed by atoms with Crippen LogP contribution in [0.3, 0.4) is 0 Å². The van der Waals surface area contributed by atoms with E-state index in [0.29, 0.717) is 5.76 Å². The van der Waals surface area contributed by atoms with E-state index in [1.807, 2.05) is 23.1 Å². The molecule has 0 aliphatic carbocycles. The van der Waals surface area contributed by atoms with Gasteiger partial charge in [-0.25, -0.2) is 0 Å². The third-order valence-electron chi connectivity index (χ3n) is 4.06. The van der Waals surface area contributed by atoms with Gasteiger partial charge in [-0.2, -0.15) is 0 Å². The standard InChI is InChI=1S/C17H21N3O2/c18-15-4-1-3-14(13-15)6-7-19-8-10-20(11-9-19)17(21)16-5-2-12-22-16/h1-5,12-13H,6-11,18H2. The van der Waals surface area contributed by atoms with Crippen LogP contribution in [0.15, 0.2) is 47.1 Å². The number of carbonyl (C=O) groups is 1. The molecule has 1 amide bonds. The first-order valence-corrected chi connectivity index (χ1v) is 7.62. The van der Waals surface area contributed by atoms with Crippen molar-refractivity contribution in [1.29, 1.82) is 0 Å². The molecule has 1 aromatic heterocycles. The Labute approximate surface area is 130 Å². The molecule has 22 heavy (non-hydrogen) atoms. The summed E-state index contributed by atoms with van der Waals surface area (Å²) in [7, 11) is 0. The smallest absolute Gasteiger partial charge is 0.289 e. The summed E-state index contributed by atoms with van der Waals surface area (Å²) in [5.74, 6) is 0.411. The molecular weight excluding hydrogens is 278 g/mol. The molecule has 2 aromatic rings. The van der Waals surface area contributed by atoms with Crippen molar-refractivity contribution in [3.05, 3.63) is 54.0 Å². The number of benzene rings is 1. The first-order chi connectivity index (χ1) is 10.7. The second-order valence-electron chi connectivity index (χ2n) is 5.61. The highest BCUT2D eigenvalue weighted by molar-refractivity contribution is 5.91. The number of anilines is 1. The first-order valence-electron chi connectivity index (χ1n) is 7.62. The van der Waals surface area contributed by atoms with Crippen LogP contribution in [0.2, 0.25) is 0 Å². The Hall–Kier alpha value is -2.27. The first kappa shape index (κ1) is 14.7. The van der Waals surface area contributed by atoms with Crippen LogP contribution in [0.1, 0.15) is 16.1 Å². The minimum absolute atomic E-state index is 0.0134. The fraction of sp³-hybridized carbons (Fsp3) is 0.353. The van der Waals surface area contributed by atoms with Gasteiger partial charge in [0.25, 0.3) is 5.91 Å². The minimum Gasteiger partial charge on any atom is -0.459 e. The highest BCUT2D eigenvalue weighted by Crippen LogP contribution is 2.11. The average Bonchev–Trinajstić information content (AvgIpc) is 3.07. The number of furan rings is 1. The van der Waals surface area contributed by atoms with E-state index in [-0.39, 0.29) is 5.91 Å². The predicted molar refractivity (Wildman–Crippen MR) is 85.6 cm³/mol. The van der Waals surface area contributed by atoms with E-state index in [1.165, 1.54) is 11.8 Å². The number of nitrogens with zero attached hydrogens (tertiary/aromatic N) is 2.